The average molecular weight is 431 g/mol. The Morgan fingerprint density at radius 3 is 2.77 bits per heavy atom. The smallest absolute Gasteiger partial charge is 0.326 e. The number of hydrogen-bond acceptors (Lipinski definition) is 5. The Kier molecular flexibility index (Phi) is 5.63. The number of amides is 2. The van der Waals surface area contributed by atoms with E-state index in [4.69, 9.17) is 4.74 Å². The van der Waals surface area contributed by atoms with E-state index in [1.165, 1.54) is 0 Å². The summed E-state index contributed by atoms with van der Waals surface area (Å²) >= 11 is 3.00. The lowest BCUT2D eigenvalue weighted by Crippen LogP contribution is -2.35. The fourth-order valence-corrected chi connectivity index (χ4v) is 3.22. The third kappa shape index (κ3) is 4.33. The van der Waals surface area contributed by atoms with Crippen molar-refractivity contribution >= 4 is 57.5 Å². The van der Waals surface area contributed by atoms with Gasteiger partial charge in [0.2, 0.25) is 0 Å². The van der Waals surface area contributed by atoms with E-state index in [0.717, 1.165) is 25.8 Å². The molecule has 5 nitrogen and oxygen atoms in total. The number of hydrogen-bond donors (Lipinski definition) is 0. The summed E-state index contributed by atoms with van der Waals surface area (Å²) in [5.41, 5.74) is 0.835. The molecule has 0 saturated carbocycles. The fraction of sp³-hybridized carbons (Fsp3) is 0.267. The van der Waals surface area contributed by atoms with E-state index >= 15 is 0 Å². The van der Waals surface area contributed by atoms with Crippen LogP contribution in [0.5, 0.6) is 0 Å². The van der Waals surface area contributed by atoms with E-state index < -0.39 is 17.1 Å². The highest BCUT2D eigenvalue weighted by atomic mass is 127. The van der Waals surface area contributed by atoms with Crippen molar-refractivity contribution in [1.82, 2.24) is 4.90 Å². The highest BCUT2D eigenvalue weighted by Crippen LogP contribution is 2.32. The Labute approximate surface area is 146 Å². The molecule has 1 aromatic carbocycles. The maximum absolute atomic E-state index is 12.2. The van der Waals surface area contributed by atoms with Crippen LogP contribution in [0.4, 0.5) is 4.79 Å². The molecule has 1 aliphatic heterocycles. The van der Waals surface area contributed by atoms with E-state index in [1.54, 1.807) is 19.9 Å². The summed E-state index contributed by atoms with van der Waals surface area (Å²) in [7, 11) is 0. The van der Waals surface area contributed by atoms with Crippen LogP contribution < -0.4 is 0 Å². The molecule has 0 atom stereocenters. The van der Waals surface area contributed by atoms with Gasteiger partial charge in [-0.1, -0.05) is 12.1 Å². The molecule has 0 unspecified atom stereocenters. The lowest BCUT2D eigenvalue weighted by molar-refractivity contribution is -0.149. The molecular formula is C15H14INO4S. The van der Waals surface area contributed by atoms with Crippen LogP contribution in [0.15, 0.2) is 29.2 Å². The molecular weight excluding hydrogens is 417 g/mol. The van der Waals surface area contributed by atoms with Gasteiger partial charge >= 0.3 is 5.97 Å². The van der Waals surface area contributed by atoms with Gasteiger partial charge in [0, 0.05) is 3.57 Å². The predicted octanol–water partition coefficient (Wildman–Crippen LogP) is 3.28. The van der Waals surface area contributed by atoms with Gasteiger partial charge in [0.1, 0.15) is 6.54 Å². The number of esters is 1. The molecule has 0 spiro atoms. The van der Waals surface area contributed by atoms with Crippen LogP contribution in [0, 0.1) is 3.57 Å². The first-order chi connectivity index (χ1) is 10.4. The minimum atomic E-state index is -0.590. The molecule has 1 aromatic rings. The Balaban J connectivity index is 2.13. The van der Waals surface area contributed by atoms with E-state index in [2.05, 4.69) is 22.6 Å². The zero-order valence-corrected chi connectivity index (χ0v) is 15.0. The lowest BCUT2D eigenvalue weighted by atomic mass is 10.2. The summed E-state index contributed by atoms with van der Waals surface area (Å²) in [4.78, 5) is 37.0. The standard InChI is InChI=1S/C15H14INO4S/c1-9(2)21-13(18)8-17-14(19)12(22-15(17)20)7-10-4-3-5-11(16)6-10/h3-7,9H,8H2,1-2H3. The van der Waals surface area contributed by atoms with Crippen molar-refractivity contribution in [3.05, 3.63) is 38.3 Å². The van der Waals surface area contributed by atoms with Gasteiger partial charge in [0.25, 0.3) is 11.1 Å². The second-order valence-corrected chi connectivity index (χ2v) is 7.10. The molecule has 22 heavy (non-hydrogen) atoms. The first-order valence-corrected chi connectivity index (χ1v) is 8.47. The number of thioether (sulfide) groups is 1. The molecule has 0 aliphatic carbocycles. The van der Waals surface area contributed by atoms with Crippen LogP contribution in [0.1, 0.15) is 19.4 Å². The van der Waals surface area contributed by atoms with Gasteiger partial charge in [-0.05, 0) is 72.0 Å². The van der Waals surface area contributed by atoms with Crippen molar-refractivity contribution in [2.45, 2.75) is 20.0 Å². The Hall–Kier alpha value is -1.35. The second kappa shape index (κ2) is 7.28. The summed E-state index contributed by atoms with van der Waals surface area (Å²) in [5.74, 6) is -1.05. The van der Waals surface area contributed by atoms with Crippen LogP contribution >= 0.6 is 34.4 Å². The number of nitrogens with zero attached hydrogens (tertiary/aromatic N) is 1. The van der Waals surface area contributed by atoms with E-state index in [0.29, 0.717) is 4.91 Å². The minimum Gasteiger partial charge on any atom is -0.462 e. The van der Waals surface area contributed by atoms with Gasteiger partial charge in [-0.3, -0.25) is 19.3 Å². The summed E-state index contributed by atoms with van der Waals surface area (Å²) in [5, 5.41) is -0.456. The number of ether oxygens (including phenoxy) is 1. The fourth-order valence-electron chi connectivity index (χ4n) is 1.81. The zero-order valence-electron chi connectivity index (χ0n) is 12.0. The SMILES string of the molecule is CC(C)OC(=O)CN1C(=O)SC(=Cc2cccc(I)c2)C1=O. The van der Waals surface area contributed by atoms with Crippen LogP contribution in [0.2, 0.25) is 0 Å². The molecule has 7 heteroatoms. The third-order valence-electron chi connectivity index (χ3n) is 2.67. The van der Waals surface area contributed by atoms with Crippen molar-refractivity contribution in [1.29, 1.82) is 0 Å². The highest BCUT2D eigenvalue weighted by molar-refractivity contribution is 14.1. The van der Waals surface area contributed by atoms with Gasteiger partial charge in [-0.2, -0.15) is 0 Å². The molecule has 1 saturated heterocycles. The first kappa shape index (κ1) is 17.0. The van der Waals surface area contributed by atoms with Crippen molar-refractivity contribution in [3.8, 4) is 0 Å². The molecule has 2 rings (SSSR count). The Bertz CT molecular complexity index is 657. The van der Waals surface area contributed by atoms with Gasteiger partial charge < -0.3 is 4.74 Å². The summed E-state index contributed by atoms with van der Waals surface area (Å²) < 4.78 is 6.00. The molecule has 1 fully saturated rings. The molecule has 0 bridgehead atoms. The number of imide groups is 1. The minimum absolute atomic E-state index is 0.283. The van der Waals surface area contributed by atoms with Crippen molar-refractivity contribution in [2.75, 3.05) is 6.54 Å². The number of halogens is 1. The monoisotopic (exact) mass is 431 g/mol. The van der Waals surface area contributed by atoms with Crippen molar-refractivity contribution in [2.24, 2.45) is 0 Å². The van der Waals surface area contributed by atoms with Crippen LogP contribution in [-0.2, 0) is 14.3 Å². The Morgan fingerprint density at radius 2 is 2.14 bits per heavy atom. The van der Waals surface area contributed by atoms with E-state index in [-0.39, 0.29) is 12.6 Å². The molecule has 0 aromatic heterocycles. The van der Waals surface area contributed by atoms with Gasteiger partial charge in [-0.25, -0.2) is 0 Å². The molecule has 1 aliphatic rings. The first-order valence-electron chi connectivity index (χ1n) is 6.57. The zero-order chi connectivity index (χ0) is 16.3. The second-order valence-electron chi connectivity index (χ2n) is 4.86. The number of carbonyl (C=O) groups excluding carboxylic acids is 3. The lowest BCUT2D eigenvalue weighted by Gasteiger charge is -2.13. The maximum Gasteiger partial charge on any atom is 0.326 e. The number of benzene rings is 1. The van der Waals surface area contributed by atoms with Gasteiger partial charge in [0.05, 0.1) is 11.0 Å². The molecule has 0 N–H and O–H groups in total. The third-order valence-corrected chi connectivity index (χ3v) is 4.25. The highest BCUT2D eigenvalue weighted by Gasteiger charge is 2.36. The molecule has 116 valence electrons. The normalized spacial score (nSPS) is 16.7. The van der Waals surface area contributed by atoms with E-state index in [9.17, 15) is 14.4 Å². The van der Waals surface area contributed by atoms with Crippen LogP contribution in [0.3, 0.4) is 0 Å². The van der Waals surface area contributed by atoms with Gasteiger partial charge in [0.15, 0.2) is 0 Å². The summed E-state index contributed by atoms with van der Waals surface area (Å²) in [6, 6.07) is 7.56. The van der Waals surface area contributed by atoms with Gasteiger partial charge in [-0.15, -0.1) is 0 Å². The van der Waals surface area contributed by atoms with Crippen LogP contribution in [0.25, 0.3) is 6.08 Å². The topological polar surface area (TPSA) is 63.7 Å². The maximum atomic E-state index is 12.2. The number of carbonyl (C=O) groups is 3. The van der Waals surface area contributed by atoms with Crippen molar-refractivity contribution in [3.63, 3.8) is 0 Å². The van der Waals surface area contributed by atoms with Crippen LogP contribution in [-0.4, -0.2) is 34.7 Å². The molecule has 0 radical (unpaired) electrons. The average Bonchev–Trinajstić information content (AvgIpc) is 2.66. The predicted molar refractivity (Wildman–Crippen MR) is 93.1 cm³/mol. The van der Waals surface area contributed by atoms with Crippen molar-refractivity contribution < 1.29 is 19.1 Å². The molecule has 2 amide bonds. The number of rotatable bonds is 4. The quantitative estimate of drug-likeness (QED) is 0.416. The Morgan fingerprint density at radius 1 is 1.41 bits per heavy atom. The largest absolute Gasteiger partial charge is 0.462 e. The molecule has 1 heterocycles. The summed E-state index contributed by atoms with van der Waals surface area (Å²) in [6.07, 6.45) is 1.37. The summed E-state index contributed by atoms with van der Waals surface area (Å²) in [6.45, 7) is 3.07. The van der Waals surface area contributed by atoms with E-state index in [1.807, 2.05) is 24.3 Å².